The highest BCUT2D eigenvalue weighted by molar-refractivity contribution is 5.77. The van der Waals surface area contributed by atoms with Crippen molar-refractivity contribution in [2.75, 3.05) is 26.2 Å². The number of rotatable bonds is 4. The van der Waals surface area contributed by atoms with Gasteiger partial charge in [-0.05, 0) is 38.1 Å². The van der Waals surface area contributed by atoms with Gasteiger partial charge in [0.2, 0.25) is 5.91 Å². The zero-order valence-corrected chi connectivity index (χ0v) is 9.86. The highest BCUT2D eigenvalue weighted by Gasteiger charge is 2.28. The predicted molar refractivity (Wildman–Crippen MR) is 61.9 cm³/mol. The van der Waals surface area contributed by atoms with Crippen LogP contribution in [0.25, 0.3) is 0 Å². The van der Waals surface area contributed by atoms with E-state index in [4.69, 9.17) is 10.5 Å². The Balaban J connectivity index is 1.71. The van der Waals surface area contributed by atoms with Gasteiger partial charge in [0.1, 0.15) is 6.61 Å². The van der Waals surface area contributed by atoms with Crippen molar-refractivity contribution in [3.05, 3.63) is 0 Å². The van der Waals surface area contributed by atoms with E-state index >= 15 is 0 Å². The van der Waals surface area contributed by atoms with E-state index in [0.717, 1.165) is 38.8 Å². The van der Waals surface area contributed by atoms with Crippen LogP contribution in [0.1, 0.15) is 32.1 Å². The molecule has 2 rings (SSSR count). The Morgan fingerprint density at radius 1 is 1.25 bits per heavy atom. The van der Waals surface area contributed by atoms with Gasteiger partial charge < -0.3 is 15.4 Å². The van der Waals surface area contributed by atoms with E-state index in [0.29, 0.717) is 12.5 Å². The number of ether oxygens (including phenoxy) is 1. The van der Waals surface area contributed by atoms with Crippen molar-refractivity contribution in [3.63, 3.8) is 0 Å². The number of nitrogens with two attached hydrogens (primary N) is 1. The summed E-state index contributed by atoms with van der Waals surface area (Å²) in [6.45, 7) is 2.75. The first-order valence-corrected chi connectivity index (χ1v) is 6.40. The molecule has 0 radical (unpaired) electrons. The number of nitrogens with zero attached hydrogens (tertiary/aromatic N) is 1. The number of carbonyl (C=O) groups excluding carboxylic acids is 1. The van der Waals surface area contributed by atoms with Crippen LogP contribution in [0.4, 0.5) is 0 Å². The topological polar surface area (TPSA) is 55.6 Å². The summed E-state index contributed by atoms with van der Waals surface area (Å²) in [6, 6.07) is 0. The fraction of sp³-hybridized carbons (Fsp3) is 0.917. The number of likely N-dealkylation sites (tertiary alicyclic amines) is 1. The van der Waals surface area contributed by atoms with Crippen LogP contribution in [-0.2, 0) is 9.53 Å². The zero-order chi connectivity index (χ0) is 11.4. The second-order valence-corrected chi connectivity index (χ2v) is 4.86. The number of amides is 1. The second-order valence-electron chi connectivity index (χ2n) is 4.86. The minimum absolute atomic E-state index is 0.153. The Morgan fingerprint density at radius 2 is 2.00 bits per heavy atom. The summed E-state index contributed by atoms with van der Waals surface area (Å²) in [5.74, 6) is 0.617. The van der Waals surface area contributed by atoms with E-state index < -0.39 is 0 Å². The normalized spacial score (nSPS) is 29.9. The average Bonchev–Trinajstić information content (AvgIpc) is 2.96. The van der Waals surface area contributed by atoms with Crippen LogP contribution in [0.15, 0.2) is 0 Å². The van der Waals surface area contributed by atoms with Crippen molar-refractivity contribution in [2.24, 2.45) is 11.7 Å². The van der Waals surface area contributed by atoms with Crippen LogP contribution in [0.5, 0.6) is 0 Å². The van der Waals surface area contributed by atoms with E-state index in [-0.39, 0.29) is 18.6 Å². The van der Waals surface area contributed by atoms with Crippen molar-refractivity contribution in [3.8, 4) is 0 Å². The molecule has 2 N–H and O–H groups in total. The molecule has 1 heterocycles. The van der Waals surface area contributed by atoms with Crippen LogP contribution in [0.2, 0.25) is 0 Å². The van der Waals surface area contributed by atoms with Crippen molar-refractivity contribution in [1.82, 2.24) is 4.90 Å². The van der Waals surface area contributed by atoms with E-state index in [9.17, 15) is 4.79 Å². The molecule has 4 nitrogen and oxygen atoms in total. The molecule has 0 aromatic rings. The Kier molecular flexibility index (Phi) is 4.18. The van der Waals surface area contributed by atoms with E-state index in [1.807, 2.05) is 4.90 Å². The first-order chi connectivity index (χ1) is 7.81. The standard InChI is InChI=1S/C12H22N2O2/c13-8-10-4-3-5-11(10)16-9-12(15)14-6-1-2-7-14/h10-11H,1-9,13H2. The monoisotopic (exact) mass is 226 g/mol. The van der Waals surface area contributed by atoms with Crippen LogP contribution in [0.3, 0.4) is 0 Å². The fourth-order valence-electron chi connectivity index (χ4n) is 2.73. The molecule has 92 valence electrons. The summed E-state index contributed by atoms with van der Waals surface area (Å²) in [6.07, 6.45) is 5.90. The lowest BCUT2D eigenvalue weighted by Crippen LogP contribution is -2.34. The predicted octanol–water partition coefficient (Wildman–Crippen LogP) is 0.753. The van der Waals surface area contributed by atoms with Crippen molar-refractivity contribution >= 4 is 5.91 Å². The largest absolute Gasteiger partial charge is 0.368 e. The van der Waals surface area contributed by atoms with Gasteiger partial charge in [0.15, 0.2) is 0 Å². The summed E-state index contributed by atoms with van der Waals surface area (Å²) in [5, 5.41) is 0. The minimum atomic E-state index is 0.153. The van der Waals surface area contributed by atoms with Gasteiger partial charge in [0, 0.05) is 13.1 Å². The molecule has 2 atom stereocenters. The average molecular weight is 226 g/mol. The maximum absolute atomic E-state index is 11.8. The molecule has 1 amide bonds. The summed E-state index contributed by atoms with van der Waals surface area (Å²) in [5.41, 5.74) is 5.68. The molecular formula is C12H22N2O2. The van der Waals surface area contributed by atoms with Crippen molar-refractivity contribution < 1.29 is 9.53 Å². The molecule has 0 bridgehead atoms. The van der Waals surface area contributed by atoms with E-state index in [2.05, 4.69) is 0 Å². The molecule has 0 aromatic carbocycles. The first-order valence-electron chi connectivity index (χ1n) is 6.40. The van der Waals surface area contributed by atoms with Gasteiger partial charge in [0.05, 0.1) is 6.10 Å². The number of carbonyl (C=O) groups is 1. The number of hydrogen-bond acceptors (Lipinski definition) is 3. The zero-order valence-electron chi connectivity index (χ0n) is 9.86. The summed E-state index contributed by atoms with van der Waals surface area (Å²) in [4.78, 5) is 13.7. The molecule has 16 heavy (non-hydrogen) atoms. The fourth-order valence-corrected chi connectivity index (χ4v) is 2.73. The molecule has 2 fully saturated rings. The highest BCUT2D eigenvalue weighted by Crippen LogP contribution is 2.27. The lowest BCUT2D eigenvalue weighted by molar-refractivity contribution is -0.137. The van der Waals surface area contributed by atoms with Crippen molar-refractivity contribution in [1.29, 1.82) is 0 Å². The maximum Gasteiger partial charge on any atom is 0.248 e. The first kappa shape index (κ1) is 11.9. The molecule has 1 aliphatic carbocycles. The SMILES string of the molecule is NCC1CCCC1OCC(=O)N1CCCC1. The van der Waals surface area contributed by atoms with Crippen LogP contribution in [-0.4, -0.2) is 43.2 Å². The van der Waals surface area contributed by atoms with Gasteiger partial charge in [-0.15, -0.1) is 0 Å². The third-order valence-electron chi connectivity index (χ3n) is 3.77. The van der Waals surface area contributed by atoms with Gasteiger partial charge >= 0.3 is 0 Å². The summed E-state index contributed by atoms with van der Waals surface area (Å²) >= 11 is 0. The molecule has 0 spiro atoms. The smallest absolute Gasteiger partial charge is 0.248 e. The Bertz CT molecular complexity index is 239. The quantitative estimate of drug-likeness (QED) is 0.769. The van der Waals surface area contributed by atoms with Gasteiger partial charge in [-0.3, -0.25) is 4.79 Å². The maximum atomic E-state index is 11.8. The van der Waals surface area contributed by atoms with Gasteiger partial charge in [0.25, 0.3) is 0 Å². The lowest BCUT2D eigenvalue weighted by Gasteiger charge is -2.21. The molecule has 0 aromatic heterocycles. The van der Waals surface area contributed by atoms with Crippen molar-refractivity contribution in [2.45, 2.75) is 38.2 Å². The van der Waals surface area contributed by atoms with Crippen LogP contribution in [0, 0.1) is 5.92 Å². The third-order valence-corrected chi connectivity index (χ3v) is 3.77. The van der Waals surface area contributed by atoms with E-state index in [1.54, 1.807) is 0 Å². The molecule has 1 aliphatic heterocycles. The molecule has 1 saturated heterocycles. The second kappa shape index (κ2) is 5.64. The summed E-state index contributed by atoms with van der Waals surface area (Å²) in [7, 11) is 0. The Hall–Kier alpha value is -0.610. The Labute approximate surface area is 97.1 Å². The summed E-state index contributed by atoms with van der Waals surface area (Å²) < 4.78 is 5.71. The minimum Gasteiger partial charge on any atom is -0.368 e. The van der Waals surface area contributed by atoms with Gasteiger partial charge in [-0.1, -0.05) is 6.42 Å². The number of hydrogen-bond donors (Lipinski definition) is 1. The molecule has 1 saturated carbocycles. The molecular weight excluding hydrogens is 204 g/mol. The molecule has 4 heteroatoms. The Morgan fingerprint density at radius 3 is 2.69 bits per heavy atom. The molecule has 2 aliphatic rings. The van der Waals surface area contributed by atoms with Crippen LogP contribution < -0.4 is 5.73 Å². The third kappa shape index (κ3) is 2.74. The highest BCUT2D eigenvalue weighted by atomic mass is 16.5. The van der Waals surface area contributed by atoms with Gasteiger partial charge in [-0.25, -0.2) is 0 Å². The van der Waals surface area contributed by atoms with E-state index in [1.165, 1.54) is 6.42 Å². The molecule has 2 unspecified atom stereocenters. The lowest BCUT2D eigenvalue weighted by atomic mass is 10.1. The van der Waals surface area contributed by atoms with Gasteiger partial charge in [-0.2, -0.15) is 0 Å². The van der Waals surface area contributed by atoms with Crippen LogP contribution >= 0.6 is 0 Å².